The molecule has 3 aromatic rings. The molecule has 23 heavy (non-hydrogen) atoms. The Morgan fingerprint density at radius 1 is 0.870 bits per heavy atom. The molecule has 0 N–H and O–H groups in total. The van der Waals surface area contributed by atoms with Gasteiger partial charge in [-0.1, -0.05) is 66.7 Å². The highest BCUT2D eigenvalue weighted by molar-refractivity contribution is 6.07. The van der Waals surface area contributed by atoms with Gasteiger partial charge in [0, 0.05) is 18.2 Å². The molecule has 1 fully saturated rings. The van der Waals surface area contributed by atoms with Crippen LogP contribution in [0.3, 0.4) is 0 Å². The van der Waals surface area contributed by atoms with E-state index in [9.17, 15) is 4.79 Å². The number of amides is 1. The van der Waals surface area contributed by atoms with Gasteiger partial charge in [0.05, 0.1) is 0 Å². The Morgan fingerprint density at radius 2 is 1.57 bits per heavy atom. The molecule has 114 valence electrons. The summed E-state index contributed by atoms with van der Waals surface area (Å²) < 4.78 is 0. The summed E-state index contributed by atoms with van der Waals surface area (Å²) >= 11 is 0. The third-order valence-electron chi connectivity index (χ3n) is 4.46. The van der Waals surface area contributed by atoms with E-state index in [2.05, 4.69) is 24.3 Å². The summed E-state index contributed by atoms with van der Waals surface area (Å²) in [6.07, 6.45) is 2.23. The van der Waals surface area contributed by atoms with Crippen LogP contribution in [0.5, 0.6) is 0 Å². The fourth-order valence-electron chi connectivity index (χ4n) is 3.10. The zero-order valence-corrected chi connectivity index (χ0v) is 13.0. The zero-order valence-electron chi connectivity index (χ0n) is 13.0. The lowest BCUT2D eigenvalue weighted by atomic mass is 10.0. The summed E-state index contributed by atoms with van der Waals surface area (Å²) in [5.41, 5.74) is 2.00. The van der Waals surface area contributed by atoms with Crippen molar-refractivity contribution in [2.75, 3.05) is 0 Å². The van der Waals surface area contributed by atoms with Crippen LogP contribution >= 0.6 is 0 Å². The number of hydrogen-bond donors (Lipinski definition) is 0. The summed E-state index contributed by atoms with van der Waals surface area (Å²) in [6.45, 7) is 0.688. The lowest BCUT2D eigenvalue weighted by Gasteiger charge is -2.23. The van der Waals surface area contributed by atoms with Crippen molar-refractivity contribution in [2.45, 2.75) is 25.4 Å². The molecule has 2 heteroatoms. The normalized spacial score (nSPS) is 13.9. The first-order chi connectivity index (χ1) is 11.3. The average Bonchev–Trinajstić information content (AvgIpc) is 3.44. The minimum Gasteiger partial charge on any atom is -0.331 e. The number of carbonyl (C=O) groups excluding carboxylic acids is 1. The van der Waals surface area contributed by atoms with Crippen molar-refractivity contribution < 1.29 is 4.79 Å². The van der Waals surface area contributed by atoms with E-state index >= 15 is 0 Å². The van der Waals surface area contributed by atoms with Gasteiger partial charge < -0.3 is 4.90 Å². The van der Waals surface area contributed by atoms with E-state index < -0.39 is 0 Å². The molecule has 1 saturated carbocycles. The zero-order chi connectivity index (χ0) is 15.6. The molecular formula is C21H19NO. The second-order valence-electron chi connectivity index (χ2n) is 6.18. The van der Waals surface area contributed by atoms with Crippen LogP contribution in [0.4, 0.5) is 0 Å². The topological polar surface area (TPSA) is 20.3 Å². The van der Waals surface area contributed by atoms with Gasteiger partial charge in [-0.3, -0.25) is 4.79 Å². The largest absolute Gasteiger partial charge is 0.331 e. The predicted molar refractivity (Wildman–Crippen MR) is 93.3 cm³/mol. The van der Waals surface area contributed by atoms with E-state index in [0.29, 0.717) is 12.6 Å². The van der Waals surface area contributed by atoms with E-state index in [0.717, 1.165) is 29.2 Å². The third kappa shape index (κ3) is 2.85. The van der Waals surface area contributed by atoms with Gasteiger partial charge in [-0.05, 0) is 35.2 Å². The standard InChI is InChI=1S/C21H19NO/c23-21(20-12-6-10-17-9-4-5-11-19(17)20)22(18-13-14-18)15-16-7-2-1-3-8-16/h1-12,18H,13-15H2. The van der Waals surface area contributed by atoms with Crippen molar-refractivity contribution in [1.29, 1.82) is 0 Å². The molecular weight excluding hydrogens is 282 g/mol. The van der Waals surface area contributed by atoms with Gasteiger partial charge in [0.25, 0.3) is 5.91 Å². The van der Waals surface area contributed by atoms with Gasteiger partial charge in [-0.2, -0.15) is 0 Å². The molecule has 0 aliphatic heterocycles. The number of nitrogens with zero attached hydrogens (tertiary/aromatic N) is 1. The van der Waals surface area contributed by atoms with Crippen LogP contribution in [0.2, 0.25) is 0 Å². The monoisotopic (exact) mass is 301 g/mol. The highest BCUT2D eigenvalue weighted by Crippen LogP contribution is 2.31. The van der Waals surface area contributed by atoms with Crippen molar-refractivity contribution in [1.82, 2.24) is 4.90 Å². The Kier molecular flexibility index (Phi) is 3.58. The van der Waals surface area contributed by atoms with Crippen LogP contribution in [0, 0.1) is 0 Å². The maximum atomic E-state index is 13.2. The van der Waals surface area contributed by atoms with Crippen LogP contribution in [0.15, 0.2) is 72.8 Å². The van der Waals surface area contributed by atoms with E-state index in [1.807, 2.05) is 53.4 Å². The summed E-state index contributed by atoms with van der Waals surface area (Å²) in [5, 5.41) is 2.16. The smallest absolute Gasteiger partial charge is 0.255 e. The van der Waals surface area contributed by atoms with Crippen LogP contribution in [0.1, 0.15) is 28.8 Å². The average molecular weight is 301 g/mol. The van der Waals surface area contributed by atoms with Gasteiger partial charge in [0.15, 0.2) is 0 Å². The number of hydrogen-bond acceptors (Lipinski definition) is 1. The van der Waals surface area contributed by atoms with Crippen molar-refractivity contribution in [3.05, 3.63) is 83.9 Å². The lowest BCUT2D eigenvalue weighted by Crippen LogP contribution is -2.32. The molecule has 1 amide bonds. The molecule has 0 aromatic heterocycles. The van der Waals surface area contributed by atoms with E-state index in [-0.39, 0.29) is 5.91 Å². The van der Waals surface area contributed by atoms with Crippen LogP contribution in [-0.2, 0) is 6.54 Å². The molecule has 0 heterocycles. The first-order valence-electron chi connectivity index (χ1n) is 8.15. The minimum atomic E-state index is 0.146. The number of carbonyl (C=O) groups is 1. The summed E-state index contributed by atoms with van der Waals surface area (Å²) in [4.78, 5) is 15.2. The molecule has 0 radical (unpaired) electrons. The molecule has 1 aliphatic rings. The van der Waals surface area contributed by atoms with Crippen LogP contribution < -0.4 is 0 Å². The summed E-state index contributed by atoms with van der Waals surface area (Å²) in [7, 11) is 0. The van der Waals surface area contributed by atoms with Gasteiger partial charge in [0.1, 0.15) is 0 Å². The minimum absolute atomic E-state index is 0.146. The first-order valence-corrected chi connectivity index (χ1v) is 8.15. The highest BCUT2D eigenvalue weighted by Gasteiger charge is 2.33. The Morgan fingerprint density at radius 3 is 2.35 bits per heavy atom. The molecule has 0 saturated heterocycles. The summed E-state index contributed by atoms with van der Waals surface area (Å²) in [6, 6.07) is 24.7. The van der Waals surface area contributed by atoms with Gasteiger partial charge in [-0.25, -0.2) is 0 Å². The lowest BCUT2D eigenvalue weighted by molar-refractivity contribution is 0.0732. The van der Waals surface area contributed by atoms with Gasteiger partial charge in [0.2, 0.25) is 0 Å². The van der Waals surface area contributed by atoms with Crippen LogP contribution in [-0.4, -0.2) is 16.8 Å². The predicted octanol–water partition coefficient (Wildman–Crippen LogP) is 4.64. The first kappa shape index (κ1) is 14.0. The molecule has 0 atom stereocenters. The number of rotatable bonds is 4. The fourth-order valence-corrected chi connectivity index (χ4v) is 3.10. The van der Waals surface area contributed by atoms with Crippen LogP contribution in [0.25, 0.3) is 10.8 Å². The van der Waals surface area contributed by atoms with Crippen molar-refractivity contribution in [2.24, 2.45) is 0 Å². The quantitative estimate of drug-likeness (QED) is 0.687. The Labute approximate surface area is 136 Å². The number of fused-ring (bicyclic) bond motifs is 1. The molecule has 1 aliphatic carbocycles. The van der Waals surface area contributed by atoms with E-state index in [1.165, 1.54) is 5.56 Å². The SMILES string of the molecule is O=C(c1cccc2ccccc12)N(Cc1ccccc1)C1CC1. The molecule has 2 nitrogen and oxygen atoms in total. The molecule has 4 rings (SSSR count). The second-order valence-corrected chi connectivity index (χ2v) is 6.18. The number of benzene rings is 3. The van der Waals surface area contributed by atoms with Gasteiger partial charge in [-0.15, -0.1) is 0 Å². The molecule has 0 unspecified atom stereocenters. The third-order valence-corrected chi connectivity index (χ3v) is 4.46. The van der Waals surface area contributed by atoms with Crippen molar-refractivity contribution in [3.63, 3.8) is 0 Å². The molecule has 3 aromatic carbocycles. The van der Waals surface area contributed by atoms with Gasteiger partial charge >= 0.3 is 0 Å². The fraction of sp³-hybridized carbons (Fsp3) is 0.190. The molecule has 0 spiro atoms. The maximum absolute atomic E-state index is 13.2. The summed E-state index contributed by atoms with van der Waals surface area (Å²) in [5.74, 6) is 0.146. The molecule has 0 bridgehead atoms. The Hall–Kier alpha value is -2.61. The Balaban J connectivity index is 1.70. The highest BCUT2D eigenvalue weighted by atomic mass is 16.2. The van der Waals surface area contributed by atoms with E-state index in [1.54, 1.807) is 0 Å². The maximum Gasteiger partial charge on any atom is 0.255 e. The van der Waals surface area contributed by atoms with Crippen molar-refractivity contribution in [3.8, 4) is 0 Å². The second kappa shape index (κ2) is 5.88. The Bertz CT molecular complexity index is 831. The van der Waals surface area contributed by atoms with Crippen molar-refractivity contribution >= 4 is 16.7 Å². The van der Waals surface area contributed by atoms with E-state index in [4.69, 9.17) is 0 Å².